The van der Waals surface area contributed by atoms with Crippen molar-refractivity contribution in [1.82, 2.24) is 4.72 Å². The van der Waals surface area contributed by atoms with Crippen molar-refractivity contribution in [3.05, 3.63) is 35.6 Å². The first-order valence-corrected chi connectivity index (χ1v) is 7.36. The molecule has 1 aromatic carbocycles. The second-order valence-corrected chi connectivity index (χ2v) is 5.91. The highest BCUT2D eigenvalue weighted by Crippen LogP contribution is 2.17. The molecule has 5 heteroatoms. The number of rotatable bonds is 6. The molecule has 0 saturated carbocycles. The smallest absolute Gasteiger partial charge is 0.212 e. The normalized spacial score (nSPS) is 13.6. The molecule has 0 bridgehead atoms. The Morgan fingerprint density at radius 1 is 1.35 bits per heavy atom. The van der Waals surface area contributed by atoms with Crippen molar-refractivity contribution in [2.75, 3.05) is 5.75 Å². The monoisotopic (exact) mass is 259 g/mol. The third-order valence-corrected chi connectivity index (χ3v) is 4.03. The summed E-state index contributed by atoms with van der Waals surface area (Å²) in [6, 6.07) is 5.64. The average Bonchev–Trinajstić information content (AvgIpc) is 2.26. The van der Waals surface area contributed by atoms with Gasteiger partial charge in [-0.05, 0) is 19.4 Å². The molecule has 0 spiro atoms. The summed E-state index contributed by atoms with van der Waals surface area (Å²) < 4.78 is 39.2. The van der Waals surface area contributed by atoms with Gasteiger partial charge in [0.05, 0.1) is 5.75 Å². The minimum absolute atomic E-state index is 0.0856. The molecule has 0 amide bonds. The average molecular weight is 259 g/mol. The standard InChI is InChI=1S/C12H18FNO2S/c1-3-4-9-17(15,16)14-10(2)11-7-5-6-8-12(11)13/h5-8,10,14H,3-4,9H2,1-2H3/t10-/m1/s1. The summed E-state index contributed by atoms with van der Waals surface area (Å²) in [5.41, 5.74) is 0.368. The highest BCUT2D eigenvalue weighted by Gasteiger charge is 2.17. The summed E-state index contributed by atoms with van der Waals surface area (Å²) in [5, 5.41) is 0. The molecule has 1 N–H and O–H groups in total. The molecule has 0 aliphatic heterocycles. The van der Waals surface area contributed by atoms with Gasteiger partial charge in [-0.2, -0.15) is 0 Å². The first-order chi connectivity index (χ1) is 7.96. The van der Waals surface area contributed by atoms with Gasteiger partial charge >= 0.3 is 0 Å². The van der Waals surface area contributed by atoms with Gasteiger partial charge < -0.3 is 0 Å². The van der Waals surface area contributed by atoms with Crippen LogP contribution in [0.4, 0.5) is 4.39 Å². The van der Waals surface area contributed by atoms with Gasteiger partial charge in [0.15, 0.2) is 0 Å². The van der Waals surface area contributed by atoms with E-state index in [1.165, 1.54) is 6.07 Å². The molecule has 0 aliphatic rings. The highest BCUT2D eigenvalue weighted by atomic mass is 32.2. The van der Waals surface area contributed by atoms with Crippen LogP contribution in [0.15, 0.2) is 24.3 Å². The van der Waals surface area contributed by atoms with Crippen molar-refractivity contribution in [2.45, 2.75) is 32.7 Å². The van der Waals surface area contributed by atoms with Gasteiger partial charge in [0.1, 0.15) is 5.82 Å². The lowest BCUT2D eigenvalue weighted by Crippen LogP contribution is -2.29. The van der Waals surface area contributed by atoms with Gasteiger partial charge in [0.2, 0.25) is 10.0 Å². The van der Waals surface area contributed by atoms with Crippen molar-refractivity contribution < 1.29 is 12.8 Å². The number of nitrogens with one attached hydrogen (secondary N) is 1. The minimum Gasteiger partial charge on any atom is -0.212 e. The van der Waals surface area contributed by atoms with Crippen LogP contribution in [-0.2, 0) is 10.0 Å². The van der Waals surface area contributed by atoms with Gasteiger partial charge in [0.25, 0.3) is 0 Å². The van der Waals surface area contributed by atoms with E-state index in [9.17, 15) is 12.8 Å². The summed E-state index contributed by atoms with van der Waals surface area (Å²) in [7, 11) is -3.32. The Bertz CT molecular complexity index is 459. The van der Waals surface area contributed by atoms with Gasteiger partial charge in [-0.25, -0.2) is 17.5 Å². The SMILES string of the molecule is CCCCS(=O)(=O)N[C@H](C)c1ccccc1F. The number of hydrogen-bond donors (Lipinski definition) is 1. The molecule has 0 saturated heterocycles. The van der Waals surface area contributed by atoms with E-state index in [-0.39, 0.29) is 5.75 Å². The topological polar surface area (TPSA) is 46.2 Å². The third kappa shape index (κ3) is 4.44. The Morgan fingerprint density at radius 2 is 2.00 bits per heavy atom. The first-order valence-electron chi connectivity index (χ1n) is 5.70. The quantitative estimate of drug-likeness (QED) is 0.853. The second-order valence-electron chi connectivity index (χ2n) is 4.03. The molecule has 1 rings (SSSR count). The van der Waals surface area contributed by atoms with Gasteiger partial charge in [-0.1, -0.05) is 31.5 Å². The Hall–Kier alpha value is -0.940. The molecule has 3 nitrogen and oxygen atoms in total. The van der Waals surface area contributed by atoms with E-state index in [1.54, 1.807) is 25.1 Å². The zero-order chi connectivity index (χ0) is 12.9. The molecule has 0 aliphatic carbocycles. The van der Waals surface area contributed by atoms with Crippen LogP contribution < -0.4 is 4.72 Å². The summed E-state index contributed by atoms with van der Waals surface area (Å²) in [6.07, 6.45) is 1.42. The van der Waals surface area contributed by atoms with Crippen LogP contribution >= 0.6 is 0 Å². The Balaban J connectivity index is 2.73. The maximum atomic E-state index is 13.4. The Labute approximate surface area is 102 Å². The minimum atomic E-state index is -3.32. The second kappa shape index (κ2) is 6.12. The van der Waals surface area contributed by atoms with Gasteiger partial charge in [-0.15, -0.1) is 0 Å². The van der Waals surface area contributed by atoms with E-state index in [0.717, 1.165) is 6.42 Å². The summed E-state index contributed by atoms with van der Waals surface area (Å²) >= 11 is 0. The number of benzene rings is 1. The zero-order valence-electron chi connectivity index (χ0n) is 10.1. The molecule has 0 fully saturated rings. The summed E-state index contributed by atoms with van der Waals surface area (Å²) in [4.78, 5) is 0. The summed E-state index contributed by atoms with van der Waals surface area (Å²) in [6.45, 7) is 3.57. The maximum Gasteiger partial charge on any atom is 0.212 e. The molecular weight excluding hydrogens is 241 g/mol. The molecule has 1 aromatic rings. The third-order valence-electron chi connectivity index (χ3n) is 2.49. The molecule has 0 aromatic heterocycles. The van der Waals surface area contributed by atoms with Crippen molar-refractivity contribution in [3.8, 4) is 0 Å². The Kier molecular flexibility index (Phi) is 5.08. The molecular formula is C12H18FNO2S. The fourth-order valence-corrected chi connectivity index (χ4v) is 3.00. The molecule has 1 atom stereocenters. The van der Waals surface area contributed by atoms with Crippen molar-refractivity contribution >= 4 is 10.0 Å². The van der Waals surface area contributed by atoms with E-state index in [1.807, 2.05) is 6.92 Å². The van der Waals surface area contributed by atoms with E-state index in [4.69, 9.17) is 0 Å². The van der Waals surface area contributed by atoms with Crippen LogP contribution in [0.3, 0.4) is 0 Å². The van der Waals surface area contributed by atoms with E-state index in [0.29, 0.717) is 12.0 Å². The molecule has 0 heterocycles. The van der Waals surface area contributed by atoms with Crippen LogP contribution in [0, 0.1) is 5.82 Å². The predicted molar refractivity (Wildman–Crippen MR) is 66.6 cm³/mol. The van der Waals surface area contributed by atoms with Crippen LogP contribution in [0.25, 0.3) is 0 Å². The summed E-state index contributed by atoms with van der Waals surface area (Å²) in [5.74, 6) is -0.305. The molecule has 0 unspecified atom stereocenters. The van der Waals surface area contributed by atoms with Crippen molar-refractivity contribution in [3.63, 3.8) is 0 Å². The fourth-order valence-electron chi connectivity index (χ4n) is 1.55. The van der Waals surface area contributed by atoms with E-state index in [2.05, 4.69) is 4.72 Å². The van der Waals surface area contributed by atoms with Crippen LogP contribution in [-0.4, -0.2) is 14.2 Å². The van der Waals surface area contributed by atoms with E-state index < -0.39 is 21.9 Å². The highest BCUT2D eigenvalue weighted by molar-refractivity contribution is 7.89. The predicted octanol–water partition coefficient (Wildman–Crippen LogP) is 2.61. The molecule has 17 heavy (non-hydrogen) atoms. The molecule has 96 valence electrons. The van der Waals surface area contributed by atoms with Crippen molar-refractivity contribution in [1.29, 1.82) is 0 Å². The van der Waals surface area contributed by atoms with Crippen molar-refractivity contribution in [2.24, 2.45) is 0 Å². The maximum absolute atomic E-state index is 13.4. The van der Waals surface area contributed by atoms with Gasteiger partial charge in [-0.3, -0.25) is 0 Å². The number of sulfonamides is 1. The number of halogens is 1. The Morgan fingerprint density at radius 3 is 2.59 bits per heavy atom. The number of unbranched alkanes of at least 4 members (excludes halogenated alkanes) is 1. The lowest BCUT2D eigenvalue weighted by Gasteiger charge is -2.15. The lowest BCUT2D eigenvalue weighted by atomic mass is 10.1. The van der Waals surface area contributed by atoms with E-state index >= 15 is 0 Å². The van der Waals surface area contributed by atoms with Crippen LogP contribution in [0.2, 0.25) is 0 Å². The first kappa shape index (κ1) is 14.1. The van der Waals surface area contributed by atoms with Gasteiger partial charge in [0, 0.05) is 11.6 Å². The number of hydrogen-bond acceptors (Lipinski definition) is 2. The fraction of sp³-hybridized carbons (Fsp3) is 0.500. The molecule has 0 radical (unpaired) electrons. The van der Waals surface area contributed by atoms with Crippen LogP contribution in [0.5, 0.6) is 0 Å². The lowest BCUT2D eigenvalue weighted by molar-refractivity contribution is 0.548. The van der Waals surface area contributed by atoms with Crippen LogP contribution in [0.1, 0.15) is 38.3 Å². The largest absolute Gasteiger partial charge is 0.212 e. The zero-order valence-corrected chi connectivity index (χ0v) is 10.9.